The maximum Gasteiger partial charge on any atom is 0.124 e. The van der Waals surface area contributed by atoms with Crippen molar-refractivity contribution in [2.45, 2.75) is 6.04 Å². The minimum atomic E-state index is 0. The van der Waals surface area contributed by atoms with Gasteiger partial charge in [0, 0.05) is 41.6 Å². The van der Waals surface area contributed by atoms with Gasteiger partial charge in [0.15, 0.2) is 0 Å². The average Bonchev–Trinajstić information content (AvgIpc) is 3.03. The van der Waals surface area contributed by atoms with Gasteiger partial charge in [0.25, 0.3) is 0 Å². The van der Waals surface area contributed by atoms with Crippen LogP contribution in [0.5, 0.6) is 5.75 Å². The Kier molecular flexibility index (Phi) is 8.69. The summed E-state index contributed by atoms with van der Waals surface area (Å²) in [6.45, 7) is 4.09. The normalized spacial score (nSPS) is 16.1. The number of thiophene rings is 1. The molecule has 1 atom stereocenters. The van der Waals surface area contributed by atoms with Crippen LogP contribution in [0.3, 0.4) is 0 Å². The zero-order valence-corrected chi connectivity index (χ0v) is 16.0. The fourth-order valence-corrected chi connectivity index (χ4v) is 3.89. The van der Waals surface area contributed by atoms with Crippen LogP contribution in [0.1, 0.15) is 16.5 Å². The number of hydrogen-bond donors (Lipinski definition) is 1. The van der Waals surface area contributed by atoms with E-state index in [1.54, 1.807) is 18.4 Å². The molecule has 1 aliphatic heterocycles. The summed E-state index contributed by atoms with van der Waals surface area (Å²) >= 11 is 8.02. The molecule has 0 bridgehead atoms. The first-order valence-electron chi connectivity index (χ1n) is 7.11. The highest BCUT2D eigenvalue weighted by Crippen LogP contribution is 2.38. The first-order valence-corrected chi connectivity index (χ1v) is 8.37. The topological polar surface area (TPSA) is 24.5 Å². The molecule has 0 aliphatic carbocycles. The Balaban J connectivity index is 0.00000132. The molecule has 23 heavy (non-hydrogen) atoms. The van der Waals surface area contributed by atoms with Gasteiger partial charge in [0.05, 0.1) is 13.2 Å². The van der Waals surface area contributed by atoms with Crippen LogP contribution in [0.4, 0.5) is 0 Å². The van der Waals surface area contributed by atoms with E-state index in [0.717, 1.165) is 42.5 Å². The molecule has 0 spiro atoms. The molecule has 1 fully saturated rings. The Morgan fingerprint density at radius 3 is 2.57 bits per heavy atom. The Morgan fingerprint density at radius 2 is 1.96 bits per heavy atom. The number of benzene rings is 1. The summed E-state index contributed by atoms with van der Waals surface area (Å²) < 4.78 is 5.57. The second-order valence-electron chi connectivity index (χ2n) is 5.09. The maximum atomic E-state index is 6.24. The van der Waals surface area contributed by atoms with E-state index in [1.807, 2.05) is 18.2 Å². The van der Waals surface area contributed by atoms with Gasteiger partial charge in [-0.05, 0) is 29.6 Å². The van der Waals surface area contributed by atoms with Crippen molar-refractivity contribution in [2.75, 3.05) is 33.3 Å². The quantitative estimate of drug-likeness (QED) is 0.837. The summed E-state index contributed by atoms with van der Waals surface area (Å²) in [6.07, 6.45) is 0. The largest absolute Gasteiger partial charge is 0.496 e. The van der Waals surface area contributed by atoms with Crippen molar-refractivity contribution in [1.29, 1.82) is 0 Å². The van der Waals surface area contributed by atoms with Gasteiger partial charge >= 0.3 is 0 Å². The molecule has 7 heteroatoms. The molecule has 0 unspecified atom stereocenters. The average molecular weight is 396 g/mol. The molecule has 1 N–H and O–H groups in total. The van der Waals surface area contributed by atoms with Crippen molar-refractivity contribution in [3.8, 4) is 5.75 Å². The van der Waals surface area contributed by atoms with E-state index in [0.29, 0.717) is 0 Å². The molecule has 3 nitrogen and oxygen atoms in total. The molecule has 128 valence electrons. The van der Waals surface area contributed by atoms with Crippen molar-refractivity contribution < 1.29 is 4.74 Å². The summed E-state index contributed by atoms with van der Waals surface area (Å²) in [5, 5.41) is 6.29. The van der Waals surface area contributed by atoms with Gasteiger partial charge in [-0.25, -0.2) is 0 Å². The summed E-state index contributed by atoms with van der Waals surface area (Å²) in [4.78, 5) is 3.83. The standard InChI is InChI=1S/C16H19ClN2OS.2ClH/c1-20-14-5-4-12(17)11-13(14)16(15-3-2-10-21-15)19-8-6-18-7-9-19;;/h2-5,10-11,16,18H,6-9H2,1H3;2*1H/t16-;;/m0../s1. The second kappa shape index (κ2) is 9.72. The third-order valence-electron chi connectivity index (χ3n) is 3.82. The van der Waals surface area contributed by atoms with E-state index in [9.17, 15) is 0 Å². The van der Waals surface area contributed by atoms with Gasteiger partial charge in [-0.1, -0.05) is 17.7 Å². The zero-order chi connectivity index (χ0) is 14.7. The lowest BCUT2D eigenvalue weighted by Crippen LogP contribution is -2.45. The lowest BCUT2D eigenvalue weighted by atomic mass is 10.0. The molecule has 0 radical (unpaired) electrons. The van der Waals surface area contributed by atoms with Crippen LogP contribution in [-0.4, -0.2) is 38.2 Å². The maximum absolute atomic E-state index is 6.24. The number of hydrogen-bond acceptors (Lipinski definition) is 4. The minimum absolute atomic E-state index is 0. The van der Waals surface area contributed by atoms with Crippen LogP contribution in [-0.2, 0) is 0 Å². The molecule has 1 aromatic carbocycles. The highest BCUT2D eigenvalue weighted by Gasteiger charge is 2.27. The van der Waals surface area contributed by atoms with Crippen LogP contribution in [0.15, 0.2) is 35.7 Å². The summed E-state index contributed by atoms with van der Waals surface area (Å²) in [5.74, 6) is 0.899. The van der Waals surface area contributed by atoms with E-state index in [1.165, 1.54) is 4.88 Å². The molecule has 1 saturated heterocycles. The SMILES string of the molecule is COc1ccc(Cl)cc1[C@@H](c1cccs1)N1CCNCC1.Cl.Cl. The van der Waals surface area contributed by atoms with Crippen LogP contribution in [0, 0.1) is 0 Å². The Hall–Kier alpha value is -0.490. The lowest BCUT2D eigenvalue weighted by Gasteiger charge is -2.35. The number of methoxy groups -OCH3 is 1. The second-order valence-corrected chi connectivity index (χ2v) is 6.51. The zero-order valence-electron chi connectivity index (χ0n) is 12.8. The first-order chi connectivity index (χ1) is 10.3. The fourth-order valence-electron chi connectivity index (χ4n) is 2.84. The van der Waals surface area contributed by atoms with Crippen molar-refractivity contribution in [3.63, 3.8) is 0 Å². The van der Waals surface area contributed by atoms with E-state index in [2.05, 4.69) is 27.7 Å². The highest BCUT2D eigenvalue weighted by atomic mass is 35.5. The van der Waals surface area contributed by atoms with Gasteiger partial charge in [0.2, 0.25) is 0 Å². The van der Waals surface area contributed by atoms with E-state index in [4.69, 9.17) is 16.3 Å². The lowest BCUT2D eigenvalue weighted by molar-refractivity contribution is 0.197. The van der Waals surface area contributed by atoms with Crippen molar-refractivity contribution in [1.82, 2.24) is 10.2 Å². The van der Waals surface area contributed by atoms with Gasteiger partial charge in [-0.2, -0.15) is 0 Å². The van der Waals surface area contributed by atoms with Gasteiger partial charge in [-0.15, -0.1) is 36.2 Å². The molecule has 1 aromatic heterocycles. The van der Waals surface area contributed by atoms with Crippen LogP contribution < -0.4 is 10.1 Å². The van der Waals surface area contributed by atoms with Crippen LogP contribution >= 0.6 is 47.8 Å². The molecular weight excluding hydrogens is 375 g/mol. The minimum Gasteiger partial charge on any atom is -0.496 e. The first kappa shape index (κ1) is 20.6. The van der Waals surface area contributed by atoms with Gasteiger partial charge in [-0.3, -0.25) is 4.90 Å². The summed E-state index contributed by atoms with van der Waals surface area (Å²) in [7, 11) is 1.72. The fraction of sp³-hybridized carbons (Fsp3) is 0.375. The third kappa shape index (κ3) is 4.75. The van der Waals surface area contributed by atoms with E-state index < -0.39 is 0 Å². The van der Waals surface area contributed by atoms with Gasteiger partial charge < -0.3 is 10.1 Å². The predicted octanol–water partition coefficient (Wildman–Crippen LogP) is 4.25. The number of rotatable bonds is 4. The van der Waals surface area contributed by atoms with Crippen molar-refractivity contribution >= 4 is 47.8 Å². The van der Waals surface area contributed by atoms with Crippen molar-refractivity contribution in [3.05, 3.63) is 51.2 Å². The van der Waals surface area contributed by atoms with Crippen LogP contribution in [0.25, 0.3) is 0 Å². The molecule has 0 amide bonds. The number of halogens is 3. The highest BCUT2D eigenvalue weighted by molar-refractivity contribution is 7.10. The Labute approximate surface area is 158 Å². The molecular formula is C16H21Cl3N2OS. The molecule has 2 aromatic rings. The number of ether oxygens (including phenoxy) is 1. The van der Waals surface area contributed by atoms with E-state index in [-0.39, 0.29) is 30.9 Å². The number of nitrogens with one attached hydrogen (secondary N) is 1. The van der Waals surface area contributed by atoms with Crippen LogP contribution in [0.2, 0.25) is 5.02 Å². The molecule has 0 saturated carbocycles. The van der Waals surface area contributed by atoms with E-state index >= 15 is 0 Å². The number of nitrogens with zero attached hydrogens (tertiary/aromatic N) is 1. The molecule has 2 heterocycles. The number of piperazine rings is 1. The Bertz CT molecular complexity index is 589. The predicted molar refractivity (Wildman–Crippen MR) is 103 cm³/mol. The summed E-state index contributed by atoms with van der Waals surface area (Å²) in [6, 6.07) is 10.4. The molecule has 3 rings (SSSR count). The third-order valence-corrected chi connectivity index (χ3v) is 4.98. The van der Waals surface area contributed by atoms with Crippen molar-refractivity contribution in [2.24, 2.45) is 0 Å². The monoisotopic (exact) mass is 394 g/mol. The molecule has 1 aliphatic rings. The Morgan fingerprint density at radius 1 is 1.22 bits per heavy atom. The summed E-state index contributed by atoms with van der Waals surface area (Å²) in [5.41, 5.74) is 1.15. The smallest absolute Gasteiger partial charge is 0.124 e. The van der Waals surface area contributed by atoms with Gasteiger partial charge in [0.1, 0.15) is 5.75 Å².